The Kier molecular flexibility index (Phi) is 7.51. The van der Waals surface area contributed by atoms with E-state index < -0.39 is 10.0 Å². The number of halogens is 1. The topological polar surface area (TPSA) is 81.4 Å². The summed E-state index contributed by atoms with van der Waals surface area (Å²) in [5, 5.41) is 0. The van der Waals surface area contributed by atoms with E-state index in [1.807, 2.05) is 13.8 Å². The van der Waals surface area contributed by atoms with E-state index in [4.69, 9.17) is 10.5 Å². The first-order chi connectivity index (χ1) is 8.77. The Morgan fingerprint density at radius 3 is 2.40 bits per heavy atom. The molecule has 0 bridgehead atoms. The molecule has 0 saturated carbocycles. The minimum atomic E-state index is -3.50. The van der Waals surface area contributed by atoms with Crippen molar-refractivity contribution in [3.63, 3.8) is 0 Å². The summed E-state index contributed by atoms with van der Waals surface area (Å²) in [5.41, 5.74) is 7.06. The molecular weight excluding hydrogens is 300 g/mol. The molecule has 5 nitrogen and oxygen atoms in total. The van der Waals surface area contributed by atoms with Gasteiger partial charge in [-0.05, 0) is 50.5 Å². The minimum Gasteiger partial charge on any atom is -0.496 e. The maximum atomic E-state index is 12.2. The standard InChI is InChI=1S/C13H22N2O3S.ClH/c1-9-8-13(10(2)7-12(9)18-4)19(16,17)15-6-5-11(3)14;/h7-8,11,15H,5-6,14H2,1-4H3;1H. The molecule has 1 aromatic carbocycles. The number of hydrogen-bond acceptors (Lipinski definition) is 4. The highest BCUT2D eigenvalue weighted by molar-refractivity contribution is 7.89. The Balaban J connectivity index is 0.00000361. The van der Waals surface area contributed by atoms with Crippen LogP contribution in [-0.2, 0) is 10.0 Å². The molecule has 3 N–H and O–H groups in total. The smallest absolute Gasteiger partial charge is 0.240 e. The Bertz CT molecular complexity index is 545. The summed E-state index contributed by atoms with van der Waals surface area (Å²) in [6, 6.07) is 3.33. The van der Waals surface area contributed by atoms with Crippen molar-refractivity contribution in [3.8, 4) is 5.75 Å². The van der Waals surface area contributed by atoms with Crippen molar-refractivity contribution in [3.05, 3.63) is 23.3 Å². The van der Waals surface area contributed by atoms with Gasteiger partial charge in [-0.25, -0.2) is 13.1 Å². The van der Waals surface area contributed by atoms with Crippen LogP contribution in [0, 0.1) is 13.8 Å². The molecule has 0 amide bonds. The number of hydrogen-bond donors (Lipinski definition) is 2. The Hall–Kier alpha value is -0.820. The van der Waals surface area contributed by atoms with Crippen LogP contribution < -0.4 is 15.2 Å². The second-order valence-electron chi connectivity index (χ2n) is 4.75. The van der Waals surface area contributed by atoms with E-state index in [-0.39, 0.29) is 23.3 Å². The van der Waals surface area contributed by atoms with Gasteiger partial charge in [-0.3, -0.25) is 0 Å². The zero-order valence-corrected chi connectivity index (χ0v) is 13.9. The van der Waals surface area contributed by atoms with Crippen LogP contribution in [0.1, 0.15) is 24.5 Å². The van der Waals surface area contributed by atoms with Crippen LogP contribution in [0.4, 0.5) is 0 Å². The van der Waals surface area contributed by atoms with E-state index >= 15 is 0 Å². The quantitative estimate of drug-likeness (QED) is 0.836. The highest BCUT2D eigenvalue weighted by atomic mass is 35.5. The van der Waals surface area contributed by atoms with Gasteiger partial charge in [-0.2, -0.15) is 0 Å². The number of nitrogens with one attached hydrogen (secondary N) is 1. The zero-order chi connectivity index (χ0) is 14.6. The van der Waals surface area contributed by atoms with Crippen LogP contribution in [0.25, 0.3) is 0 Å². The summed E-state index contributed by atoms with van der Waals surface area (Å²) >= 11 is 0. The highest BCUT2D eigenvalue weighted by Crippen LogP contribution is 2.25. The Morgan fingerprint density at radius 1 is 1.30 bits per heavy atom. The van der Waals surface area contributed by atoms with Gasteiger partial charge >= 0.3 is 0 Å². The van der Waals surface area contributed by atoms with Gasteiger partial charge in [0, 0.05) is 12.6 Å². The molecule has 116 valence electrons. The van der Waals surface area contributed by atoms with E-state index in [2.05, 4.69) is 4.72 Å². The van der Waals surface area contributed by atoms with Gasteiger partial charge in [0.1, 0.15) is 5.75 Å². The molecule has 0 radical (unpaired) electrons. The molecule has 20 heavy (non-hydrogen) atoms. The van der Waals surface area contributed by atoms with Gasteiger partial charge in [0.25, 0.3) is 0 Å². The summed E-state index contributed by atoms with van der Waals surface area (Å²) in [7, 11) is -1.93. The van der Waals surface area contributed by atoms with Crippen molar-refractivity contribution in [1.82, 2.24) is 4.72 Å². The third kappa shape index (κ3) is 4.94. The van der Waals surface area contributed by atoms with Crippen molar-refractivity contribution < 1.29 is 13.2 Å². The van der Waals surface area contributed by atoms with E-state index in [0.717, 1.165) is 5.56 Å². The van der Waals surface area contributed by atoms with E-state index in [1.54, 1.807) is 26.2 Å². The largest absolute Gasteiger partial charge is 0.496 e. The predicted octanol–water partition coefficient (Wildman–Crippen LogP) is 1.75. The number of nitrogens with two attached hydrogens (primary N) is 1. The van der Waals surface area contributed by atoms with Gasteiger partial charge in [-0.15, -0.1) is 12.4 Å². The number of aryl methyl sites for hydroxylation is 2. The lowest BCUT2D eigenvalue weighted by molar-refractivity contribution is 0.411. The first kappa shape index (κ1) is 19.2. The van der Waals surface area contributed by atoms with Crippen LogP contribution in [0.3, 0.4) is 0 Å². The molecule has 0 spiro atoms. The number of sulfonamides is 1. The first-order valence-corrected chi connectivity index (χ1v) is 7.66. The van der Waals surface area contributed by atoms with E-state index in [1.165, 1.54) is 0 Å². The normalized spacial score (nSPS) is 12.7. The van der Waals surface area contributed by atoms with Crippen LogP contribution in [0.2, 0.25) is 0 Å². The third-order valence-corrected chi connectivity index (χ3v) is 4.48. The number of rotatable bonds is 6. The number of methoxy groups -OCH3 is 1. The second kappa shape index (κ2) is 7.83. The minimum absolute atomic E-state index is 0. The summed E-state index contributed by atoms with van der Waals surface area (Å²) in [5.74, 6) is 0.687. The summed E-state index contributed by atoms with van der Waals surface area (Å²) in [4.78, 5) is 0.287. The average molecular weight is 323 g/mol. The fourth-order valence-corrected chi connectivity index (χ4v) is 3.13. The van der Waals surface area contributed by atoms with Crippen molar-refractivity contribution in [2.45, 2.75) is 38.1 Å². The molecule has 0 aliphatic rings. The molecule has 0 aliphatic carbocycles. The lowest BCUT2D eigenvalue weighted by Crippen LogP contribution is -2.29. The van der Waals surface area contributed by atoms with Crippen molar-refractivity contribution in [2.75, 3.05) is 13.7 Å². The van der Waals surface area contributed by atoms with Gasteiger partial charge in [0.15, 0.2) is 0 Å². The molecule has 7 heteroatoms. The van der Waals surface area contributed by atoms with Crippen LogP contribution in [0.15, 0.2) is 17.0 Å². The molecule has 1 atom stereocenters. The molecule has 0 aromatic heterocycles. The maximum absolute atomic E-state index is 12.2. The van der Waals surface area contributed by atoms with Crippen LogP contribution in [-0.4, -0.2) is 28.1 Å². The molecule has 0 saturated heterocycles. The van der Waals surface area contributed by atoms with Crippen LogP contribution >= 0.6 is 12.4 Å². The fourth-order valence-electron chi connectivity index (χ4n) is 1.77. The molecule has 1 rings (SSSR count). The monoisotopic (exact) mass is 322 g/mol. The van der Waals surface area contributed by atoms with Gasteiger partial charge in [0.05, 0.1) is 12.0 Å². The summed E-state index contributed by atoms with van der Waals surface area (Å²) < 4.78 is 32.1. The van der Waals surface area contributed by atoms with Gasteiger partial charge < -0.3 is 10.5 Å². The maximum Gasteiger partial charge on any atom is 0.240 e. The molecule has 0 fully saturated rings. The lowest BCUT2D eigenvalue weighted by atomic mass is 10.1. The van der Waals surface area contributed by atoms with Crippen molar-refractivity contribution in [2.24, 2.45) is 5.73 Å². The first-order valence-electron chi connectivity index (χ1n) is 6.18. The number of ether oxygens (including phenoxy) is 1. The summed E-state index contributed by atoms with van der Waals surface area (Å²) in [6.07, 6.45) is 0.605. The highest BCUT2D eigenvalue weighted by Gasteiger charge is 2.18. The lowest BCUT2D eigenvalue weighted by Gasteiger charge is -2.13. The van der Waals surface area contributed by atoms with Crippen molar-refractivity contribution in [1.29, 1.82) is 0 Å². The second-order valence-corrected chi connectivity index (χ2v) is 6.49. The van der Waals surface area contributed by atoms with Crippen LogP contribution in [0.5, 0.6) is 5.75 Å². The molecule has 1 unspecified atom stereocenters. The van der Waals surface area contributed by atoms with Gasteiger partial charge in [-0.1, -0.05) is 0 Å². The SMILES string of the molecule is COc1cc(C)c(S(=O)(=O)NCCC(C)N)cc1C.Cl. The fraction of sp³-hybridized carbons (Fsp3) is 0.538. The van der Waals surface area contributed by atoms with Crippen molar-refractivity contribution >= 4 is 22.4 Å². The van der Waals surface area contributed by atoms with E-state index in [0.29, 0.717) is 24.3 Å². The predicted molar refractivity (Wildman–Crippen MR) is 83.2 cm³/mol. The average Bonchev–Trinajstić information content (AvgIpc) is 2.30. The Morgan fingerprint density at radius 2 is 1.90 bits per heavy atom. The molecular formula is C13H23ClN2O3S. The number of benzene rings is 1. The molecule has 0 heterocycles. The van der Waals surface area contributed by atoms with E-state index in [9.17, 15) is 8.42 Å². The Labute approximate surface area is 127 Å². The third-order valence-electron chi connectivity index (χ3n) is 2.87. The zero-order valence-electron chi connectivity index (χ0n) is 12.3. The van der Waals surface area contributed by atoms with Gasteiger partial charge in [0.2, 0.25) is 10.0 Å². The summed E-state index contributed by atoms with van der Waals surface area (Å²) in [6.45, 7) is 5.75. The molecule has 0 aliphatic heterocycles. The molecule has 1 aromatic rings.